The van der Waals surface area contributed by atoms with E-state index in [4.69, 9.17) is 16.0 Å². The number of carbonyl (C=O) groups is 2. The van der Waals surface area contributed by atoms with Gasteiger partial charge in [0, 0.05) is 10.7 Å². The van der Waals surface area contributed by atoms with Crippen molar-refractivity contribution in [1.29, 1.82) is 0 Å². The molecule has 0 radical (unpaired) electrons. The highest BCUT2D eigenvalue weighted by atomic mass is 35.5. The standard InChI is InChI=1S/C18H14ClFN4O3S/c19-11-4-3-5-12(8-11)22-15(25)10-28-18-24-23-16(27-18)9-21-17(26)13-6-1-2-7-14(13)20/h1-8H,9-10H2,(H,21,26)(H,22,25). The maximum Gasteiger partial charge on any atom is 0.277 e. The number of hydrogen-bond donors (Lipinski definition) is 2. The van der Waals surface area contributed by atoms with Crippen LogP contribution in [0.2, 0.25) is 5.02 Å². The summed E-state index contributed by atoms with van der Waals surface area (Å²) in [4.78, 5) is 23.9. The van der Waals surface area contributed by atoms with Crippen LogP contribution in [0.25, 0.3) is 0 Å². The lowest BCUT2D eigenvalue weighted by Crippen LogP contribution is -2.23. The summed E-state index contributed by atoms with van der Waals surface area (Å²) in [6, 6.07) is 12.4. The Hall–Kier alpha value is -2.91. The van der Waals surface area contributed by atoms with Gasteiger partial charge in [-0.3, -0.25) is 9.59 Å². The fourth-order valence-electron chi connectivity index (χ4n) is 2.16. The van der Waals surface area contributed by atoms with Crippen LogP contribution in [-0.4, -0.2) is 27.8 Å². The Morgan fingerprint density at radius 1 is 1.14 bits per heavy atom. The van der Waals surface area contributed by atoms with Crippen molar-refractivity contribution >= 4 is 40.9 Å². The second kappa shape index (κ2) is 9.34. The molecule has 0 fully saturated rings. The molecule has 3 aromatic rings. The van der Waals surface area contributed by atoms with E-state index in [1.165, 1.54) is 18.2 Å². The molecule has 0 unspecified atom stereocenters. The number of benzene rings is 2. The van der Waals surface area contributed by atoms with Gasteiger partial charge in [-0.15, -0.1) is 10.2 Å². The van der Waals surface area contributed by atoms with E-state index in [-0.39, 0.29) is 34.9 Å². The highest BCUT2D eigenvalue weighted by molar-refractivity contribution is 7.99. The second-order valence-electron chi connectivity index (χ2n) is 5.47. The van der Waals surface area contributed by atoms with E-state index in [9.17, 15) is 14.0 Å². The average molecular weight is 421 g/mol. The third kappa shape index (κ3) is 5.54. The van der Waals surface area contributed by atoms with Crippen LogP contribution in [0.3, 0.4) is 0 Å². The fraction of sp³-hybridized carbons (Fsp3) is 0.111. The molecule has 0 aliphatic carbocycles. The van der Waals surface area contributed by atoms with Crippen molar-refractivity contribution in [2.24, 2.45) is 0 Å². The molecular weight excluding hydrogens is 407 g/mol. The van der Waals surface area contributed by atoms with Crippen LogP contribution in [0.5, 0.6) is 0 Å². The summed E-state index contributed by atoms with van der Waals surface area (Å²) < 4.78 is 18.9. The molecule has 0 aliphatic heterocycles. The zero-order valence-corrected chi connectivity index (χ0v) is 15.9. The first-order chi connectivity index (χ1) is 13.5. The molecule has 7 nitrogen and oxygen atoms in total. The number of anilines is 1. The monoisotopic (exact) mass is 420 g/mol. The Labute approximate surface area is 168 Å². The minimum atomic E-state index is -0.618. The van der Waals surface area contributed by atoms with Crippen molar-refractivity contribution in [2.45, 2.75) is 11.8 Å². The zero-order valence-electron chi connectivity index (χ0n) is 14.3. The normalized spacial score (nSPS) is 10.5. The van der Waals surface area contributed by atoms with Gasteiger partial charge in [0.2, 0.25) is 11.8 Å². The Morgan fingerprint density at radius 3 is 2.75 bits per heavy atom. The van der Waals surface area contributed by atoms with E-state index in [0.717, 1.165) is 11.8 Å². The third-order valence-electron chi connectivity index (χ3n) is 3.40. The minimum Gasteiger partial charge on any atom is -0.414 e. The van der Waals surface area contributed by atoms with Gasteiger partial charge in [0.1, 0.15) is 5.82 Å². The predicted molar refractivity (Wildman–Crippen MR) is 103 cm³/mol. The van der Waals surface area contributed by atoms with Crippen LogP contribution in [0.4, 0.5) is 10.1 Å². The van der Waals surface area contributed by atoms with Crippen LogP contribution in [0, 0.1) is 5.82 Å². The van der Waals surface area contributed by atoms with Gasteiger partial charge in [0.25, 0.3) is 11.1 Å². The molecule has 1 heterocycles. The maximum absolute atomic E-state index is 13.6. The van der Waals surface area contributed by atoms with Crippen molar-refractivity contribution in [3.63, 3.8) is 0 Å². The number of amides is 2. The number of rotatable bonds is 7. The Bertz CT molecular complexity index is 998. The molecule has 10 heteroatoms. The summed E-state index contributed by atoms with van der Waals surface area (Å²) in [6.07, 6.45) is 0. The number of aromatic nitrogens is 2. The summed E-state index contributed by atoms with van der Waals surface area (Å²) in [5.74, 6) is -1.28. The van der Waals surface area contributed by atoms with Gasteiger partial charge in [-0.05, 0) is 30.3 Å². The van der Waals surface area contributed by atoms with Crippen LogP contribution in [0.15, 0.2) is 58.2 Å². The molecule has 2 N–H and O–H groups in total. The number of nitrogens with zero attached hydrogens (tertiary/aromatic N) is 2. The number of thioether (sulfide) groups is 1. The fourth-order valence-corrected chi connectivity index (χ4v) is 2.93. The van der Waals surface area contributed by atoms with E-state index < -0.39 is 11.7 Å². The number of halogens is 2. The van der Waals surface area contributed by atoms with Crippen molar-refractivity contribution < 1.29 is 18.4 Å². The molecule has 1 aromatic heterocycles. The van der Waals surface area contributed by atoms with Gasteiger partial charge in [0.05, 0.1) is 17.9 Å². The largest absolute Gasteiger partial charge is 0.414 e. The van der Waals surface area contributed by atoms with Gasteiger partial charge in [0.15, 0.2) is 0 Å². The van der Waals surface area contributed by atoms with Gasteiger partial charge in [-0.25, -0.2) is 4.39 Å². The molecule has 0 atom stereocenters. The van der Waals surface area contributed by atoms with Gasteiger partial charge in [-0.2, -0.15) is 0 Å². The molecule has 0 aliphatic rings. The Balaban J connectivity index is 1.47. The summed E-state index contributed by atoms with van der Waals surface area (Å²) in [5.41, 5.74) is 0.509. The van der Waals surface area contributed by atoms with Crippen LogP contribution in [-0.2, 0) is 11.3 Å². The highest BCUT2D eigenvalue weighted by Crippen LogP contribution is 2.18. The SMILES string of the molecule is O=C(CSc1nnc(CNC(=O)c2ccccc2F)o1)Nc1cccc(Cl)c1. The average Bonchev–Trinajstić information content (AvgIpc) is 3.13. The minimum absolute atomic E-state index is 0.0513. The molecule has 2 amide bonds. The first kappa shape index (κ1) is 19.8. The Morgan fingerprint density at radius 2 is 1.96 bits per heavy atom. The molecule has 0 spiro atoms. The van der Waals surface area contributed by atoms with Crippen molar-refractivity contribution in [3.05, 3.63) is 70.8 Å². The summed E-state index contributed by atoms with van der Waals surface area (Å²) >= 11 is 6.91. The molecule has 0 saturated heterocycles. The second-order valence-corrected chi connectivity index (χ2v) is 6.83. The van der Waals surface area contributed by atoms with Crippen LogP contribution in [0.1, 0.15) is 16.2 Å². The predicted octanol–water partition coefficient (Wildman–Crippen LogP) is 3.52. The van der Waals surface area contributed by atoms with E-state index in [1.807, 2.05) is 0 Å². The summed E-state index contributed by atoms with van der Waals surface area (Å²) in [5, 5.41) is 13.5. The first-order valence-corrected chi connectivity index (χ1v) is 9.41. The lowest BCUT2D eigenvalue weighted by Gasteiger charge is -2.04. The molecule has 2 aromatic carbocycles. The molecule has 144 valence electrons. The smallest absolute Gasteiger partial charge is 0.277 e. The van der Waals surface area contributed by atoms with E-state index in [1.54, 1.807) is 30.3 Å². The summed E-state index contributed by atoms with van der Waals surface area (Å²) in [6.45, 7) is -0.0601. The number of hydrogen-bond acceptors (Lipinski definition) is 6. The molecular formula is C18H14ClFN4O3S. The molecule has 3 rings (SSSR count). The maximum atomic E-state index is 13.6. The summed E-state index contributed by atoms with van der Waals surface area (Å²) in [7, 11) is 0. The van der Waals surface area contributed by atoms with Crippen LogP contribution >= 0.6 is 23.4 Å². The number of carbonyl (C=O) groups excluding carboxylic acids is 2. The zero-order chi connectivity index (χ0) is 19.9. The quantitative estimate of drug-likeness (QED) is 0.567. The van der Waals surface area contributed by atoms with Gasteiger partial charge in [-0.1, -0.05) is 41.6 Å². The lowest BCUT2D eigenvalue weighted by molar-refractivity contribution is -0.113. The van der Waals surface area contributed by atoms with Gasteiger partial charge < -0.3 is 15.1 Å². The molecule has 0 saturated carbocycles. The topological polar surface area (TPSA) is 97.1 Å². The molecule has 0 bridgehead atoms. The third-order valence-corrected chi connectivity index (χ3v) is 4.46. The van der Waals surface area contributed by atoms with E-state index in [0.29, 0.717) is 10.7 Å². The van der Waals surface area contributed by atoms with Crippen LogP contribution < -0.4 is 10.6 Å². The van der Waals surface area contributed by atoms with E-state index in [2.05, 4.69) is 20.8 Å². The Kier molecular flexibility index (Phi) is 6.62. The number of nitrogens with one attached hydrogen (secondary N) is 2. The highest BCUT2D eigenvalue weighted by Gasteiger charge is 2.13. The first-order valence-electron chi connectivity index (χ1n) is 8.04. The van der Waals surface area contributed by atoms with Crippen molar-refractivity contribution in [1.82, 2.24) is 15.5 Å². The lowest BCUT2D eigenvalue weighted by atomic mass is 10.2. The van der Waals surface area contributed by atoms with E-state index >= 15 is 0 Å². The van der Waals surface area contributed by atoms with Crippen molar-refractivity contribution in [2.75, 3.05) is 11.1 Å². The van der Waals surface area contributed by atoms with Crippen molar-refractivity contribution in [3.8, 4) is 0 Å². The molecule has 28 heavy (non-hydrogen) atoms. The van der Waals surface area contributed by atoms with Gasteiger partial charge >= 0.3 is 0 Å².